The summed E-state index contributed by atoms with van der Waals surface area (Å²) in [5.74, 6) is 0. The van der Waals surface area contributed by atoms with Gasteiger partial charge < -0.3 is 0 Å². The van der Waals surface area contributed by atoms with Gasteiger partial charge in [0.05, 0.1) is 5.69 Å². The quantitative estimate of drug-likeness (QED) is 0.600. The molecular formula is C11H13N. The predicted molar refractivity (Wildman–Crippen MR) is 55.1 cm³/mol. The fourth-order valence-electron chi connectivity index (χ4n) is 1.13. The van der Waals surface area contributed by atoms with E-state index in [2.05, 4.69) is 37.3 Å². The highest BCUT2D eigenvalue weighted by Gasteiger charge is 1.96. The van der Waals surface area contributed by atoms with Crippen LogP contribution in [0.3, 0.4) is 0 Å². The lowest BCUT2D eigenvalue weighted by Crippen LogP contribution is -1.81. The highest BCUT2D eigenvalue weighted by molar-refractivity contribution is 5.65. The molecule has 0 amide bonds. The molecule has 62 valence electrons. The maximum absolute atomic E-state index is 3.90. The van der Waals surface area contributed by atoms with E-state index in [0.29, 0.717) is 0 Å². The fourth-order valence-corrected chi connectivity index (χ4v) is 1.13. The van der Waals surface area contributed by atoms with Crippen molar-refractivity contribution >= 4 is 18.5 Å². The zero-order valence-electron chi connectivity index (χ0n) is 7.38. The average molecular weight is 159 g/mol. The zero-order chi connectivity index (χ0) is 8.97. The number of aryl methyl sites for hydroxylation is 1. The van der Waals surface area contributed by atoms with Crippen molar-refractivity contribution in [3.05, 3.63) is 35.9 Å². The molecule has 0 heterocycles. The Morgan fingerprint density at radius 2 is 2.25 bits per heavy atom. The molecule has 0 saturated carbocycles. The van der Waals surface area contributed by atoms with Crippen LogP contribution in [0, 0.1) is 0 Å². The second-order valence-corrected chi connectivity index (χ2v) is 2.61. The van der Waals surface area contributed by atoms with E-state index in [-0.39, 0.29) is 0 Å². The third kappa shape index (κ3) is 1.62. The van der Waals surface area contributed by atoms with Gasteiger partial charge in [-0.3, -0.25) is 4.99 Å². The molecular weight excluding hydrogens is 146 g/mol. The van der Waals surface area contributed by atoms with Crippen molar-refractivity contribution in [3.8, 4) is 0 Å². The number of hydrogen-bond donors (Lipinski definition) is 0. The summed E-state index contributed by atoms with van der Waals surface area (Å²) in [5.41, 5.74) is 3.27. The van der Waals surface area contributed by atoms with Crippen molar-refractivity contribution in [2.75, 3.05) is 0 Å². The van der Waals surface area contributed by atoms with Gasteiger partial charge in [-0.15, -0.1) is 0 Å². The lowest BCUT2D eigenvalue weighted by molar-refractivity contribution is 1.14. The lowest BCUT2D eigenvalue weighted by atomic mass is 10.1. The molecule has 0 aliphatic rings. The standard InChI is InChI=1S/C11H13N/c1-4-9-6-7-11(12-3)10(5-2)8-9/h5-8H,2-4H2,1H3. The number of benzene rings is 1. The van der Waals surface area contributed by atoms with Gasteiger partial charge in [-0.25, -0.2) is 0 Å². The lowest BCUT2D eigenvalue weighted by Gasteiger charge is -2.02. The molecule has 0 bridgehead atoms. The number of nitrogens with zero attached hydrogens (tertiary/aromatic N) is 1. The Balaban J connectivity index is 3.18. The summed E-state index contributed by atoms with van der Waals surface area (Å²) < 4.78 is 0. The topological polar surface area (TPSA) is 12.4 Å². The van der Waals surface area contributed by atoms with Crippen LogP contribution in [0.5, 0.6) is 0 Å². The van der Waals surface area contributed by atoms with Crippen LogP contribution in [0.25, 0.3) is 6.08 Å². The van der Waals surface area contributed by atoms with Crippen LogP contribution in [-0.4, -0.2) is 6.72 Å². The van der Waals surface area contributed by atoms with E-state index in [0.717, 1.165) is 17.7 Å². The van der Waals surface area contributed by atoms with Crippen molar-refractivity contribution in [2.45, 2.75) is 13.3 Å². The second-order valence-electron chi connectivity index (χ2n) is 2.61. The van der Waals surface area contributed by atoms with Crippen molar-refractivity contribution in [2.24, 2.45) is 4.99 Å². The third-order valence-electron chi connectivity index (χ3n) is 1.89. The molecule has 1 aromatic carbocycles. The third-order valence-corrected chi connectivity index (χ3v) is 1.89. The Labute approximate surface area is 73.5 Å². The summed E-state index contributed by atoms with van der Waals surface area (Å²) in [6.45, 7) is 9.35. The molecule has 0 spiro atoms. The van der Waals surface area contributed by atoms with E-state index in [1.807, 2.05) is 12.1 Å². The maximum atomic E-state index is 3.90. The normalized spacial score (nSPS) is 9.42. The molecule has 0 radical (unpaired) electrons. The monoisotopic (exact) mass is 159 g/mol. The largest absolute Gasteiger partial charge is 0.264 e. The maximum Gasteiger partial charge on any atom is 0.0694 e. The van der Waals surface area contributed by atoms with Gasteiger partial charge in [0.15, 0.2) is 0 Å². The van der Waals surface area contributed by atoms with Crippen LogP contribution >= 0.6 is 0 Å². The van der Waals surface area contributed by atoms with Gasteiger partial charge in [0.2, 0.25) is 0 Å². The van der Waals surface area contributed by atoms with Crippen LogP contribution in [0.1, 0.15) is 18.1 Å². The van der Waals surface area contributed by atoms with Gasteiger partial charge in [-0.1, -0.05) is 25.6 Å². The number of rotatable bonds is 3. The van der Waals surface area contributed by atoms with Crippen LogP contribution in [-0.2, 0) is 6.42 Å². The molecule has 0 saturated heterocycles. The van der Waals surface area contributed by atoms with Crippen molar-refractivity contribution in [3.63, 3.8) is 0 Å². The minimum atomic E-state index is 0.905. The fraction of sp³-hybridized carbons (Fsp3) is 0.182. The summed E-state index contributed by atoms with van der Waals surface area (Å²) in [7, 11) is 0. The van der Waals surface area contributed by atoms with Crippen molar-refractivity contribution in [1.29, 1.82) is 0 Å². The SMILES string of the molecule is C=Cc1cc(CC)ccc1N=C. The van der Waals surface area contributed by atoms with Gasteiger partial charge in [0.25, 0.3) is 0 Å². The Morgan fingerprint density at radius 3 is 2.75 bits per heavy atom. The minimum Gasteiger partial charge on any atom is -0.264 e. The van der Waals surface area contributed by atoms with Gasteiger partial charge in [0, 0.05) is 0 Å². The van der Waals surface area contributed by atoms with Crippen LogP contribution in [0.2, 0.25) is 0 Å². The van der Waals surface area contributed by atoms with Crippen LogP contribution < -0.4 is 0 Å². The molecule has 1 aromatic rings. The summed E-state index contributed by atoms with van der Waals surface area (Å²) >= 11 is 0. The summed E-state index contributed by atoms with van der Waals surface area (Å²) in [4.78, 5) is 3.90. The summed E-state index contributed by atoms with van der Waals surface area (Å²) in [5, 5.41) is 0. The molecule has 0 atom stereocenters. The molecule has 0 N–H and O–H groups in total. The van der Waals surface area contributed by atoms with Crippen LogP contribution in [0.15, 0.2) is 29.8 Å². The van der Waals surface area contributed by atoms with E-state index < -0.39 is 0 Å². The first-order chi connectivity index (χ1) is 5.81. The Bertz CT molecular complexity index is 300. The molecule has 0 unspecified atom stereocenters. The highest BCUT2D eigenvalue weighted by Crippen LogP contribution is 2.21. The van der Waals surface area contributed by atoms with Crippen molar-refractivity contribution in [1.82, 2.24) is 0 Å². The molecule has 0 aliphatic heterocycles. The highest BCUT2D eigenvalue weighted by atomic mass is 14.7. The van der Waals surface area contributed by atoms with Gasteiger partial charge >= 0.3 is 0 Å². The molecule has 1 nitrogen and oxygen atoms in total. The predicted octanol–water partition coefficient (Wildman–Crippen LogP) is 3.22. The molecule has 1 heteroatoms. The Morgan fingerprint density at radius 1 is 1.50 bits per heavy atom. The van der Waals surface area contributed by atoms with E-state index >= 15 is 0 Å². The molecule has 0 aromatic heterocycles. The molecule has 0 aliphatic carbocycles. The first kappa shape index (κ1) is 8.72. The molecule has 0 fully saturated rings. The van der Waals surface area contributed by atoms with Crippen LogP contribution in [0.4, 0.5) is 5.69 Å². The molecule has 1 rings (SSSR count). The summed E-state index contributed by atoms with van der Waals surface area (Å²) in [6, 6.07) is 6.14. The van der Waals surface area contributed by atoms with E-state index in [4.69, 9.17) is 0 Å². The minimum absolute atomic E-state index is 0.905. The zero-order valence-corrected chi connectivity index (χ0v) is 7.38. The number of hydrogen-bond acceptors (Lipinski definition) is 1. The first-order valence-corrected chi connectivity index (χ1v) is 4.04. The second kappa shape index (κ2) is 3.86. The Hall–Kier alpha value is -1.37. The smallest absolute Gasteiger partial charge is 0.0694 e. The average Bonchev–Trinajstić information content (AvgIpc) is 2.16. The molecule has 12 heavy (non-hydrogen) atoms. The Kier molecular flexibility index (Phi) is 2.81. The van der Waals surface area contributed by atoms with Gasteiger partial charge in [0.1, 0.15) is 0 Å². The first-order valence-electron chi connectivity index (χ1n) is 4.04. The van der Waals surface area contributed by atoms with Gasteiger partial charge in [-0.2, -0.15) is 0 Å². The van der Waals surface area contributed by atoms with Crippen molar-refractivity contribution < 1.29 is 0 Å². The van der Waals surface area contributed by atoms with E-state index in [9.17, 15) is 0 Å². The number of aliphatic imine (C=N–C) groups is 1. The summed E-state index contributed by atoms with van der Waals surface area (Å²) in [6.07, 6.45) is 2.85. The van der Waals surface area contributed by atoms with Gasteiger partial charge in [-0.05, 0) is 36.4 Å². The van der Waals surface area contributed by atoms with E-state index in [1.165, 1.54) is 5.56 Å². The van der Waals surface area contributed by atoms with E-state index in [1.54, 1.807) is 0 Å².